The summed E-state index contributed by atoms with van der Waals surface area (Å²) in [5, 5.41) is 19.8. The third kappa shape index (κ3) is 2.90. The largest absolute Gasteiger partial charge is 0.395 e. The topological polar surface area (TPSA) is 78.0 Å². The molecule has 2 atom stereocenters. The minimum atomic E-state index is -0.225. The van der Waals surface area contributed by atoms with Crippen molar-refractivity contribution < 1.29 is 9.90 Å². The Bertz CT molecular complexity index is 566. The molecule has 0 radical (unpaired) electrons. The summed E-state index contributed by atoms with van der Waals surface area (Å²) in [4.78, 5) is 12.2. The molecule has 5 nitrogen and oxygen atoms in total. The van der Waals surface area contributed by atoms with Crippen molar-refractivity contribution in [1.82, 2.24) is 15.5 Å². The molecular formula is C13H17N3O2S. The van der Waals surface area contributed by atoms with Crippen molar-refractivity contribution in [3.8, 4) is 0 Å². The second-order valence-corrected chi connectivity index (χ2v) is 5.41. The highest BCUT2D eigenvalue weighted by Gasteiger charge is 2.20. The van der Waals surface area contributed by atoms with Crippen LogP contribution in [0.5, 0.6) is 0 Å². The number of para-hydroxylation sites is 1. The van der Waals surface area contributed by atoms with E-state index in [4.69, 9.17) is 0 Å². The number of thioether (sulfide) groups is 1. The van der Waals surface area contributed by atoms with Gasteiger partial charge in [0.15, 0.2) is 5.69 Å². The SMILES string of the molecule is CSC(CO)C(C)NC(=O)c1n[nH]c2ccccc12. The van der Waals surface area contributed by atoms with Crippen LogP contribution in [0.2, 0.25) is 0 Å². The van der Waals surface area contributed by atoms with Crippen LogP contribution in [0.25, 0.3) is 10.9 Å². The van der Waals surface area contributed by atoms with Crippen molar-refractivity contribution in [2.24, 2.45) is 0 Å². The van der Waals surface area contributed by atoms with E-state index >= 15 is 0 Å². The molecule has 2 unspecified atom stereocenters. The number of aliphatic hydroxyl groups is 1. The number of aliphatic hydroxyl groups excluding tert-OH is 1. The number of nitrogens with one attached hydrogen (secondary N) is 2. The van der Waals surface area contributed by atoms with E-state index in [1.54, 1.807) is 0 Å². The van der Waals surface area contributed by atoms with Crippen molar-refractivity contribution in [1.29, 1.82) is 0 Å². The van der Waals surface area contributed by atoms with Gasteiger partial charge in [0.05, 0.1) is 12.1 Å². The van der Waals surface area contributed by atoms with Crippen LogP contribution in [-0.4, -0.2) is 45.4 Å². The van der Waals surface area contributed by atoms with Crippen molar-refractivity contribution in [3.63, 3.8) is 0 Å². The highest BCUT2D eigenvalue weighted by atomic mass is 32.2. The van der Waals surface area contributed by atoms with Crippen LogP contribution in [0.15, 0.2) is 24.3 Å². The Morgan fingerprint density at radius 2 is 2.26 bits per heavy atom. The van der Waals surface area contributed by atoms with E-state index < -0.39 is 0 Å². The van der Waals surface area contributed by atoms with Crippen LogP contribution < -0.4 is 5.32 Å². The average molecular weight is 279 g/mol. The number of amides is 1. The molecule has 19 heavy (non-hydrogen) atoms. The number of rotatable bonds is 5. The van der Waals surface area contributed by atoms with Gasteiger partial charge in [-0.15, -0.1) is 0 Å². The van der Waals surface area contributed by atoms with Gasteiger partial charge >= 0.3 is 0 Å². The molecule has 0 spiro atoms. The van der Waals surface area contributed by atoms with Crippen LogP contribution in [0.3, 0.4) is 0 Å². The van der Waals surface area contributed by atoms with Gasteiger partial charge in [0.25, 0.3) is 5.91 Å². The highest BCUT2D eigenvalue weighted by Crippen LogP contribution is 2.16. The lowest BCUT2D eigenvalue weighted by Gasteiger charge is -2.20. The number of hydrogen-bond acceptors (Lipinski definition) is 4. The van der Waals surface area contributed by atoms with E-state index in [2.05, 4.69) is 15.5 Å². The lowest BCUT2D eigenvalue weighted by molar-refractivity contribution is 0.0932. The molecule has 2 aromatic rings. The smallest absolute Gasteiger partial charge is 0.272 e. The van der Waals surface area contributed by atoms with E-state index in [0.29, 0.717) is 5.69 Å². The quantitative estimate of drug-likeness (QED) is 0.773. The van der Waals surface area contributed by atoms with Crippen molar-refractivity contribution >= 4 is 28.6 Å². The Balaban J connectivity index is 2.16. The number of carbonyl (C=O) groups is 1. The molecule has 0 aliphatic rings. The molecular weight excluding hydrogens is 262 g/mol. The van der Waals surface area contributed by atoms with Gasteiger partial charge in [0.1, 0.15) is 0 Å². The number of fused-ring (bicyclic) bond motifs is 1. The first kappa shape index (κ1) is 13.9. The van der Waals surface area contributed by atoms with E-state index in [9.17, 15) is 9.90 Å². The number of benzene rings is 1. The van der Waals surface area contributed by atoms with Crippen LogP contribution in [-0.2, 0) is 0 Å². The highest BCUT2D eigenvalue weighted by molar-refractivity contribution is 7.99. The molecule has 6 heteroatoms. The number of hydrogen-bond donors (Lipinski definition) is 3. The van der Waals surface area contributed by atoms with Gasteiger partial charge in [-0.25, -0.2) is 0 Å². The first-order valence-electron chi connectivity index (χ1n) is 6.05. The molecule has 0 saturated carbocycles. The predicted molar refractivity (Wildman–Crippen MR) is 77.4 cm³/mol. The normalized spacial score (nSPS) is 14.3. The maximum Gasteiger partial charge on any atom is 0.272 e. The first-order valence-corrected chi connectivity index (χ1v) is 7.33. The zero-order valence-corrected chi connectivity index (χ0v) is 11.7. The van der Waals surface area contributed by atoms with Crippen LogP contribution in [0.4, 0.5) is 0 Å². The molecule has 1 aromatic carbocycles. The maximum absolute atomic E-state index is 12.2. The maximum atomic E-state index is 12.2. The molecule has 1 heterocycles. The summed E-state index contributed by atoms with van der Waals surface area (Å²) in [7, 11) is 0. The number of carbonyl (C=O) groups excluding carboxylic acids is 1. The molecule has 0 fully saturated rings. The van der Waals surface area contributed by atoms with Gasteiger partial charge in [-0.05, 0) is 19.2 Å². The van der Waals surface area contributed by atoms with Gasteiger partial charge in [-0.2, -0.15) is 16.9 Å². The van der Waals surface area contributed by atoms with E-state index in [1.165, 1.54) is 11.8 Å². The fourth-order valence-corrected chi connectivity index (χ4v) is 2.57. The lowest BCUT2D eigenvalue weighted by Crippen LogP contribution is -2.41. The summed E-state index contributed by atoms with van der Waals surface area (Å²) >= 11 is 1.53. The zero-order valence-electron chi connectivity index (χ0n) is 10.9. The molecule has 0 aliphatic carbocycles. The number of aromatic amines is 1. The van der Waals surface area contributed by atoms with Gasteiger partial charge in [-0.1, -0.05) is 18.2 Å². The Hall–Kier alpha value is -1.53. The predicted octanol–water partition coefficient (Wildman–Crippen LogP) is 1.41. The Kier molecular flexibility index (Phi) is 4.44. The molecule has 1 amide bonds. The number of nitrogens with zero attached hydrogens (tertiary/aromatic N) is 1. The summed E-state index contributed by atoms with van der Waals surface area (Å²) in [5.74, 6) is -0.225. The third-order valence-corrected chi connectivity index (χ3v) is 4.25. The van der Waals surface area contributed by atoms with Crippen molar-refractivity contribution in [3.05, 3.63) is 30.0 Å². The molecule has 2 rings (SSSR count). The fraction of sp³-hybridized carbons (Fsp3) is 0.385. The summed E-state index contributed by atoms with van der Waals surface area (Å²) in [5.41, 5.74) is 1.23. The second kappa shape index (κ2) is 6.08. The number of H-pyrrole nitrogens is 1. The van der Waals surface area contributed by atoms with Crippen molar-refractivity contribution in [2.45, 2.75) is 18.2 Å². The van der Waals surface area contributed by atoms with Gasteiger partial charge in [-0.3, -0.25) is 9.89 Å². The standard InChI is InChI=1S/C13H17N3O2S/c1-8(11(7-17)19-2)14-13(18)12-9-5-3-4-6-10(9)15-16-12/h3-6,8,11,17H,7H2,1-2H3,(H,14,18)(H,15,16). The van der Waals surface area contributed by atoms with E-state index in [1.807, 2.05) is 37.4 Å². The first-order chi connectivity index (χ1) is 9.17. The molecule has 0 saturated heterocycles. The molecule has 1 aromatic heterocycles. The van der Waals surface area contributed by atoms with Crippen LogP contribution in [0.1, 0.15) is 17.4 Å². The summed E-state index contributed by atoms with van der Waals surface area (Å²) < 4.78 is 0. The Morgan fingerprint density at radius 3 is 2.95 bits per heavy atom. The molecule has 0 aliphatic heterocycles. The monoisotopic (exact) mass is 279 g/mol. The van der Waals surface area contributed by atoms with Gasteiger partial charge < -0.3 is 10.4 Å². The molecule has 3 N–H and O–H groups in total. The Morgan fingerprint density at radius 1 is 1.53 bits per heavy atom. The summed E-state index contributed by atoms with van der Waals surface area (Å²) in [6.07, 6.45) is 1.91. The number of aromatic nitrogens is 2. The lowest BCUT2D eigenvalue weighted by atomic mass is 10.2. The van der Waals surface area contributed by atoms with E-state index in [-0.39, 0.29) is 23.8 Å². The minimum Gasteiger partial charge on any atom is -0.395 e. The third-order valence-electron chi connectivity index (χ3n) is 3.08. The Labute approximate surface area is 115 Å². The minimum absolute atomic E-state index is 0.0193. The van der Waals surface area contributed by atoms with Crippen molar-refractivity contribution in [2.75, 3.05) is 12.9 Å². The summed E-state index contributed by atoms with van der Waals surface area (Å²) in [6.45, 7) is 1.91. The average Bonchev–Trinajstić information content (AvgIpc) is 2.84. The molecule has 0 bridgehead atoms. The fourth-order valence-electron chi connectivity index (χ4n) is 1.94. The zero-order chi connectivity index (χ0) is 13.8. The van der Waals surface area contributed by atoms with Gasteiger partial charge in [0, 0.05) is 16.7 Å². The van der Waals surface area contributed by atoms with Crippen LogP contribution in [0, 0.1) is 0 Å². The van der Waals surface area contributed by atoms with E-state index in [0.717, 1.165) is 10.9 Å². The summed E-state index contributed by atoms with van der Waals surface area (Å²) in [6, 6.07) is 7.37. The second-order valence-electron chi connectivity index (χ2n) is 4.34. The van der Waals surface area contributed by atoms with Gasteiger partial charge in [0.2, 0.25) is 0 Å². The molecule has 102 valence electrons. The van der Waals surface area contributed by atoms with Crippen LogP contribution >= 0.6 is 11.8 Å².